The van der Waals surface area contributed by atoms with Crippen molar-refractivity contribution in [2.45, 2.75) is 32.7 Å². The van der Waals surface area contributed by atoms with Gasteiger partial charge in [-0.3, -0.25) is 9.59 Å². The summed E-state index contributed by atoms with van der Waals surface area (Å²) in [7, 11) is 0. The summed E-state index contributed by atoms with van der Waals surface area (Å²) in [6.45, 7) is 5.13. The number of nitrogens with one attached hydrogen (secondary N) is 1. The molecular formula is C9H15N3O2. The van der Waals surface area contributed by atoms with Gasteiger partial charge in [-0.05, 0) is 20.3 Å². The fourth-order valence-electron chi connectivity index (χ4n) is 1.01. The fourth-order valence-corrected chi connectivity index (χ4v) is 1.01. The van der Waals surface area contributed by atoms with Crippen molar-refractivity contribution in [2.24, 2.45) is 16.6 Å². The molecule has 1 aliphatic heterocycles. The van der Waals surface area contributed by atoms with Crippen molar-refractivity contribution in [3.05, 3.63) is 0 Å². The van der Waals surface area contributed by atoms with E-state index in [1.807, 2.05) is 6.92 Å². The van der Waals surface area contributed by atoms with E-state index in [1.54, 1.807) is 6.92 Å². The van der Waals surface area contributed by atoms with Crippen LogP contribution in [0.3, 0.4) is 0 Å². The first-order valence-electron chi connectivity index (χ1n) is 4.61. The van der Waals surface area contributed by atoms with Crippen LogP contribution >= 0.6 is 0 Å². The molecular weight excluding hydrogens is 182 g/mol. The van der Waals surface area contributed by atoms with E-state index in [1.165, 1.54) is 6.92 Å². The first-order chi connectivity index (χ1) is 6.38. The van der Waals surface area contributed by atoms with Crippen molar-refractivity contribution in [1.29, 1.82) is 0 Å². The monoisotopic (exact) mass is 197 g/mol. The van der Waals surface area contributed by atoms with Crippen molar-refractivity contribution >= 4 is 17.6 Å². The summed E-state index contributed by atoms with van der Waals surface area (Å²) in [5, 5.41) is 2.55. The predicted molar refractivity (Wildman–Crippen MR) is 52.6 cm³/mol. The average Bonchev–Trinajstić information content (AvgIpc) is 2.13. The second kappa shape index (κ2) is 3.49. The zero-order chi connectivity index (χ0) is 10.9. The van der Waals surface area contributed by atoms with Gasteiger partial charge in [-0.2, -0.15) is 4.99 Å². The molecule has 0 saturated heterocycles. The van der Waals surface area contributed by atoms with Crippen LogP contribution in [0.2, 0.25) is 0 Å². The van der Waals surface area contributed by atoms with Crippen molar-refractivity contribution in [2.75, 3.05) is 0 Å². The van der Waals surface area contributed by atoms with E-state index in [4.69, 9.17) is 5.73 Å². The summed E-state index contributed by atoms with van der Waals surface area (Å²) >= 11 is 0. The Morgan fingerprint density at radius 1 is 1.57 bits per heavy atom. The molecule has 1 aliphatic rings. The van der Waals surface area contributed by atoms with Crippen LogP contribution in [0.15, 0.2) is 4.99 Å². The smallest absolute Gasteiger partial charge is 0.259 e. The Labute approximate surface area is 82.8 Å². The second-order valence-corrected chi connectivity index (χ2v) is 3.78. The Balaban J connectivity index is 2.99. The number of carbonyl (C=O) groups excluding carboxylic acids is 2. The summed E-state index contributed by atoms with van der Waals surface area (Å²) in [4.78, 5) is 26.4. The van der Waals surface area contributed by atoms with Gasteiger partial charge in [0.15, 0.2) is 0 Å². The van der Waals surface area contributed by atoms with Crippen molar-refractivity contribution in [3.63, 3.8) is 0 Å². The Morgan fingerprint density at radius 3 is 2.57 bits per heavy atom. The van der Waals surface area contributed by atoms with Crippen LogP contribution in [0.5, 0.6) is 0 Å². The summed E-state index contributed by atoms with van der Waals surface area (Å²) in [5.41, 5.74) is 5.12. The lowest BCUT2D eigenvalue weighted by Gasteiger charge is -2.28. The quantitative estimate of drug-likeness (QED) is 0.601. The van der Waals surface area contributed by atoms with Crippen molar-refractivity contribution in [3.8, 4) is 0 Å². The topological polar surface area (TPSA) is 84.5 Å². The number of amides is 2. The van der Waals surface area contributed by atoms with E-state index in [-0.39, 0.29) is 11.7 Å². The first kappa shape index (κ1) is 10.8. The predicted octanol–water partition coefficient (Wildman–Crippen LogP) is -0.195. The lowest BCUT2D eigenvalue weighted by Crippen LogP contribution is -2.57. The lowest BCUT2D eigenvalue weighted by atomic mass is 9.96. The molecule has 78 valence electrons. The molecule has 5 nitrogen and oxygen atoms in total. The zero-order valence-corrected chi connectivity index (χ0v) is 8.63. The van der Waals surface area contributed by atoms with Crippen LogP contribution in [-0.2, 0) is 9.59 Å². The average molecular weight is 197 g/mol. The molecule has 3 N–H and O–H groups in total. The van der Waals surface area contributed by atoms with Gasteiger partial charge in [-0.25, -0.2) is 0 Å². The highest BCUT2D eigenvalue weighted by Crippen LogP contribution is 2.12. The normalized spacial score (nSPS) is 26.6. The van der Waals surface area contributed by atoms with E-state index in [0.29, 0.717) is 6.42 Å². The first-order valence-corrected chi connectivity index (χ1v) is 4.61. The summed E-state index contributed by atoms with van der Waals surface area (Å²) < 4.78 is 0. The second-order valence-electron chi connectivity index (χ2n) is 3.78. The minimum atomic E-state index is -0.745. The van der Waals surface area contributed by atoms with Crippen LogP contribution in [0.4, 0.5) is 0 Å². The number of rotatable bonds is 2. The fraction of sp³-hybridized carbons (Fsp3) is 0.667. The molecule has 0 fully saturated rings. The molecule has 5 heteroatoms. The summed E-state index contributed by atoms with van der Waals surface area (Å²) in [6, 6.07) is 0. The molecule has 0 bridgehead atoms. The third-order valence-corrected chi connectivity index (χ3v) is 2.50. The van der Waals surface area contributed by atoms with E-state index < -0.39 is 17.4 Å². The van der Waals surface area contributed by atoms with Gasteiger partial charge in [0.2, 0.25) is 5.91 Å². The molecule has 0 saturated carbocycles. The molecule has 1 rings (SSSR count). The van der Waals surface area contributed by atoms with Gasteiger partial charge in [-0.15, -0.1) is 0 Å². The molecule has 1 heterocycles. The van der Waals surface area contributed by atoms with E-state index in [0.717, 1.165) is 0 Å². The van der Waals surface area contributed by atoms with Gasteiger partial charge in [0.25, 0.3) is 5.91 Å². The van der Waals surface area contributed by atoms with Crippen LogP contribution in [0.1, 0.15) is 27.2 Å². The lowest BCUT2D eigenvalue weighted by molar-refractivity contribution is -0.132. The van der Waals surface area contributed by atoms with Crippen LogP contribution in [-0.4, -0.2) is 23.2 Å². The maximum Gasteiger partial charge on any atom is 0.259 e. The largest absolute Gasteiger partial charge is 0.319 e. The minimum absolute atomic E-state index is 0.271. The van der Waals surface area contributed by atoms with Crippen LogP contribution in [0, 0.1) is 5.92 Å². The van der Waals surface area contributed by atoms with Crippen LogP contribution in [0.25, 0.3) is 0 Å². The third-order valence-electron chi connectivity index (χ3n) is 2.50. The molecule has 0 aliphatic carbocycles. The Kier molecular flexibility index (Phi) is 2.71. The highest BCUT2D eigenvalue weighted by Gasteiger charge is 2.34. The van der Waals surface area contributed by atoms with Gasteiger partial charge in [0, 0.05) is 0 Å². The number of nitrogens with zero attached hydrogens (tertiary/aromatic N) is 1. The molecule has 0 aromatic carbocycles. The SMILES string of the molecule is CCC(C)(N)C1=NC(=O)C(C)C(=O)N1. The Hall–Kier alpha value is -1.23. The Bertz CT molecular complexity index is 307. The number of hydrogen-bond donors (Lipinski definition) is 2. The molecule has 0 spiro atoms. The molecule has 0 radical (unpaired) electrons. The van der Waals surface area contributed by atoms with Gasteiger partial charge in [-0.1, -0.05) is 6.92 Å². The molecule has 0 aromatic rings. The minimum Gasteiger partial charge on any atom is -0.319 e. The number of nitrogens with two attached hydrogens (primary N) is 1. The number of carbonyl (C=O) groups is 2. The van der Waals surface area contributed by atoms with E-state index in [2.05, 4.69) is 10.3 Å². The standard InChI is InChI=1S/C9H15N3O2/c1-4-9(3,10)8-11-6(13)5(2)7(14)12-8/h5H,4,10H2,1-3H3,(H,11,12,13,14). The van der Waals surface area contributed by atoms with Crippen molar-refractivity contribution in [1.82, 2.24) is 5.32 Å². The molecule has 2 amide bonds. The summed E-state index contributed by atoms with van der Waals surface area (Å²) in [6.07, 6.45) is 0.605. The maximum absolute atomic E-state index is 11.3. The Morgan fingerprint density at radius 2 is 2.14 bits per heavy atom. The van der Waals surface area contributed by atoms with Gasteiger partial charge in [0.1, 0.15) is 11.8 Å². The zero-order valence-electron chi connectivity index (χ0n) is 8.63. The van der Waals surface area contributed by atoms with Gasteiger partial charge >= 0.3 is 0 Å². The molecule has 2 unspecified atom stereocenters. The number of aliphatic imine (C=N–C) groups is 1. The van der Waals surface area contributed by atoms with Gasteiger partial charge < -0.3 is 11.1 Å². The number of hydrogen-bond acceptors (Lipinski definition) is 3. The molecule has 2 atom stereocenters. The molecule has 14 heavy (non-hydrogen) atoms. The summed E-state index contributed by atoms with van der Waals surface area (Å²) in [5.74, 6) is -1.18. The molecule has 0 aromatic heterocycles. The number of amidine groups is 1. The highest BCUT2D eigenvalue weighted by atomic mass is 16.2. The highest BCUT2D eigenvalue weighted by molar-refractivity contribution is 6.17. The van der Waals surface area contributed by atoms with E-state index in [9.17, 15) is 9.59 Å². The van der Waals surface area contributed by atoms with E-state index >= 15 is 0 Å². The van der Waals surface area contributed by atoms with Gasteiger partial charge in [0.05, 0.1) is 5.54 Å². The third kappa shape index (κ3) is 1.82. The maximum atomic E-state index is 11.3. The van der Waals surface area contributed by atoms with Crippen LogP contribution < -0.4 is 11.1 Å². The van der Waals surface area contributed by atoms with Crippen molar-refractivity contribution < 1.29 is 9.59 Å².